The summed E-state index contributed by atoms with van der Waals surface area (Å²) < 4.78 is 6.01. The summed E-state index contributed by atoms with van der Waals surface area (Å²) in [6.45, 7) is 12.5. The highest BCUT2D eigenvalue weighted by Gasteiger charge is 2.23. The molecular formula is C15H23O2Si. The quantitative estimate of drug-likeness (QED) is 0.601. The molecule has 0 unspecified atom stereocenters. The van der Waals surface area contributed by atoms with Gasteiger partial charge in [0.1, 0.15) is 5.75 Å². The van der Waals surface area contributed by atoms with Crippen LogP contribution in [0.1, 0.15) is 50.0 Å². The van der Waals surface area contributed by atoms with E-state index in [-0.39, 0.29) is 11.2 Å². The minimum absolute atomic E-state index is 0.0172. The van der Waals surface area contributed by atoms with Crippen molar-refractivity contribution in [1.82, 2.24) is 0 Å². The van der Waals surface area contributed by atoms with Crippen LogP contribution < -0.4 is 4.43 Å². The first-order chi connectivity index (χ1) is 8.27. The predicted octanol–water partition coefficient (Wildman–Crippen LogP) is 4.21. The Morgan fingerprint density at radius 3 is 2.33 bits per heavy atom. The van der Waals surface area contributed by atoms with Crippen molar-refractivity contribution in [2.24, 2.45) is 0 Å². The van der Waals surface area contributed by atoms with E-state index in [0.717, 1.165) is 16.9 Å². The molecule has 0 N–H and O–H groups in total. The first-order valence-electron chi connectivity index (χ1n) is 6.42. The molecule has 0 heterocycles. The largest absolute Gasteiger partial charge is 0.542 e. The molecule has 1 radical (unpaired) electrons. The number of carbonyl (C=O) groups excluding carboxylic acids is 1. The van der Waals surface area contributed by atoms with Gasteiger partial charge >= 0.3 is 0 Å². The Hall–Kier alpha value is -1.09. The molecule has 0 aromatic heterocycles. The van der Waals surface area contributed by atoms with Gasteiger partial charge in [-0.1, -0.05) is 39.8 Å². The van der Waals surface area contributed by atoms with Crippen molar-refractivity contribution >= 4 is 14.8 Å². The Bertz CT molecular complexity index is 431. The maximum absolute atomic E-state index is 12.0. The smallest absolute Gasteiger partial charge is 0.274 e. The summed E-state index contributed by atoms with van der Waals surface area (Å²) in [5, 5.41) is 0. The van der Waals surface area contributed by atoms with Crippen LogP contribution in [0.2, 0.25) is 13.1 Å². The molecule has 0 aliphatic carbocycles. The number of hydrogen-bond donors (Lipinski definition) is 0. The number of benzene rings is 1. The average Bonchev–Trinajstić information content (AvgIpc) is 2.26. The summed E-state index contributed by atoms with van der Waals surface area (Å²) in [6.07, 6.45) is 0.513. The van der Waals surface area contributed by atoms with E-state index in [1.165, 1.54) is 0 Å². The Balaban J connectivity index is 3.39. The van der Waals surface area contributed by atoms with Gasteiger partial charge in [0.05, 0.1) is 5.56 Å². The highest BCUT2D eigenvalue weighted by Crippen LogP contribution is 2.35. The van der Waals surface area contributed by atoms with E-state index in [4.69, 9.17) is 4.43 Å². The maximum Gasteiger partial charge on any atom is 0.274 e. The van der Waals surface area contributed by atoms with Crippen LogP contribution >= 0.6 is 0 Å². The average molecular weight is 263 g/mol. The first kappa shape index (κ1) is 15.0. The van der Waals surface area contributed by atoms with Crippen LogP contribution in [0.25, 0.3) is 0 Å². The second-order valence-corrected chi connectivity index (χ2v) is 7.74. The molecule has 0 fully saturated rings. The Morgan fingerprint density at radius 1 is 1.28 bits per heavy atom. The summed E-state index contributed by atoms with van der Waals surface area (Å²) in [6, 6.07) is 5.89. The minimum Gasteiger partial charge on any atom is -0.542 e. The molecule has 0 bridgehead atoms. The van der Waals surface area contributed by atoms with Gasteiger partial charge in [0, 0.05) is 6.42 Å². The molecule has 99 valence electrons. The molecule has 3 heteroatoms. The lowest BCUT2D eigenvalue weighted by Gasteiger charge is -2.25. The van der Waals surface area contributed by atoms with Gasteiger partial charge in [-0.25, -0.2) is 0 Å². The fourth-order valence-electron chi connectivity index (χ4n) is 1.85. The zero-order valence-electron chi connectivity index (χ0n) is 12.3. The van der Waals surface area contributed by atoms with Crippen molar-refractivity contribution in [1.29, 1.82) is 0 Å². The predicted molar refractivity (Wildman–Crippen MR) is 77.9 cm³/mol. The molecule has 1 aromatic carbocycles. The van der Waals surface area contributed by atoms with Crippen molar-refractivity contribution in [2.75, 3.05) is 0 Å². The van der Waals surface area contributed by atoms with Gasteiger partial charge in [0.25, 0.3) is 9.04 Å². The van der Waals surface area contributed by atoms with Crippen LogP contribution in [0.15, 0.2) is 18.2 Å². The molecule has 0 aliphatic heterocycles. The number of Topliss-reactive ketones (excluding diaryl/α,β-unsaturated/α-hetero) is 1. The van der Waals surface area contributed by atoms with Gasteiger partial charge in [0.2, 0.25) is 0 Å². The molecule has 0 spiro atoms. The number of hydrogen-bond acceptors (Lipinski definition) is 2. The van der Waals surface area contributed by atoms with Crippen LogP contribution in [-0.4, -0.2) is 14.8 Å². The van der Waals surface area contributed by atoms with Crippen LogP contribution in [0.3, 0.4) is 0 Å². The van der Waals surface area contributed by atoms with Crippen LogP contribution in [-0.2, 0) is 5.41 Å². The van der Waals surface area contributed by atoms with E-state index in [1.54, 1.807) is 0 Å². The normalized spacial score (nSPS) is 11.7. The van der Waals surface area contributed by atoms with Gasteiger partial charge in [-0.2, -0.15) is 0 Å². The maximum atomic E-state index is 12.0. The van der Waals surface area contributed by atoms with Crippen molar-refractivity contribution in [3.05, 3.63) is 29.3 Å². The van der Waals surface area contributed by atoms with Crippen molar-refractivity contribution in [3.8, 4) is 5.75 Å². The molecule has 1 aromatic rings. The molecule has 0 aliphatic rings. The number of carbonyl (C=O) groups is 1. The summed E-state index contributed by atoms with van der Waals surface area (Å²) in [4.78, 5) is 12.0. The second-order valence-electron chi connectivity index (χ2n) is 5.72. The Labute approximate surface area is 112 Å². The van der Waals surface area contributed by atoms with E-state index in [9.17, 15) is 4.79 Å². The van der Waals surface area contributed by atoms with E-state index in [1.807, 2.05) is 19.1 Å². The fraction of sp³-hybridized carbons (Fsp3) is 0.533. The second kappa shape index (κ2) is 5.70. The highest BCUT2D eigenvalue weighted by molar-refractivity contribution is 6.49. The third-order valence-corrected chi connectivity index (χ3v) is 3.36. The summed E-state index contributed by atoms with van der Waals surface area (Å²) in [7, 11) is -0.884. The van der Waals surface area contributed by atoms with Crippen LogP contribution in [0.4, 0.5) is 0 Å². The number of rotatable bonds is 4. The topological polar surface area (TPSA) is 26.3 Å². The van der Waals surface area contributed by atoms with Crippen LogP contribution in [0.5, 0.6) is 5.75 Å². The molecule has 0 saturated carbocycles. The van der Waals surface area contributed by atoms with Gasteiger partial charge in [-0.3, -0.25) is 4.79 Å². The lowest BCUT2D eigenvalue weighted by molar-refractivity contribution is 0.0986. The molecule has 0 atom stereocenters. The van der Waals surface area contributed by atoms with E-state index in [2.05, 4.69) is 39.9 Å². The SMILES string of the molecule is CCC(=O)c1cccc(C(C)(C)C)c1O[Si](C)C. The lowest BCUT2D eigenvalue weighted by atomic mass is 9.84. The molecule has 1 rings (SSSR count). The number of ketones is 1. The zero-order valence-corrected chi connectivity index (χ0v) is 13.3. The van der Waals surface area contributed by atoms with Crippen molar-refractivity contribution < 1.29 is 9.22 Å². The molecule has 18 heavy (non-hydrogen) atoms. The van der Waals surface area contributed by atoms with E-state index in [0.29, 0.717) is 6.42 Å². The third kappa shape index (κ3) is 3.45. The van der Waals surface area contributed by atoms with Crippen LogP contribution in [0, 0.1) is 0 Å². The highest BCUT2D eigenvalue weighted by atomic mass is 28.3. The Kier molecular flexibility index (Phi) is 4.74. The first-order valence-corrected chi connectivity index (χ1v) is 8.83. The number of para-hydroxylation sites is 1. The van der Waals surface area contributed by atoms with Gasteiger partial charge in [-0.05, 0) is 30.1 Å². The van der Waals surface area contributed by atoms with Gasteiger partial charge in [-0.15, -0.1) is 0 Å². The lowest BCUT2D eigenvalue weighted by Crippen LogP contribution is -2.20. The van der Waals surface area contributed by atoms with Gasteiger partial charge < -0.3 is 4.43 Å². The van der Waals surface area contributed by atoms with E-state index < -0.39 is 9.04 Å². The Morgan fingerprint density at radius 2 is 1.89 bits per heavy atom. The monoisotopic (exact) mass is 263 g/mol. The fourth-order valence-corrected chi connectivity index (χ4v) is 2.48. The van der Waals surface area contributed by atoms with E-state index >= 15 is 0 Å². The summed E-state index contributed by atoms with van der Waals surface area (Å²) in [5.74, 6) is 0.954. The molecule has 2 nitrogen and oxygen atoms in total. The summed E-state index contributed by atoms with van der Waals surface area (Å²) in [5.41, 5.74) is 1.83. The van der Waals surface area contributed by atoms with Crippen molar-refractivity contribution in [3.63, 3.8) is 0 Å². The molecule has 0 saturated heterocycles. The third-order valence-electron chi connectivity index (χ3n) is 2.75. The zero-order chi connectivity index (χ0) is 13.9. The summed E-state index contributed by atoms with van der Waals surface area (Å²) >= 11 is 0. The molecule has 0 amide bonds. The van der Waals surface area contributed by atoms with Crippen molar-refractivity contribution in [2.45, 2.75) is 52.6 Å². The standard InChI is InChI=1S/C15H23O2Si/c1-7-13(16)11-9-8-10-12(15(2,3)4)14(11)17-18(5)6/h8-10H,7H2,1-6H3. The minimum atomic E-state index is -0.884. The molecular weight excluding hydrogens is 240 g/mol. The van der Waals surface area contributed by atoms with Gasteiger partial charge in [0.15, 0.2) is 5.78 Å².